The molecular formula is C21H23N3O6S. The second-order valence-electron chi connectivity index (χ2n) is 6.98. The molecule has 0 aliphatic carbocycles. The van der Waals surface area contributed by atoms with E-state index in [0.29, 0.717) is 24.2 Å². The molecule has 0 atom stereocenters. The second-order valence-corrected chi connectivity index (χ2v) is 9.02. The van der Waals surface area contributed by atoms with Gasteiger partial charge in [0, 0.05) is 24.8 Å². The number of hydrogen-bond acceptors (Lipinski definition) is 6. The smallest absolute Gasteiger partial charge is 0.338 e. The standard InChI is InChI=1S/C21H23N3O6S/c1-3-30-21(27)15-5-4-6-16(11-15)22-20(26)13-24(2)31(28,29)17-8-9-18-14(12-17)7-10-19(25)23-18/h4-6,8-9,11-12H,3,7,10,13H2,1-2H3,(H,22,26)(H,23,25). The van der Waals surface area contributed by atoms with E-state index in [4.69, 9.17) is 4.74 Å². The van der Waals surface area contributed by atoms with Gasteiger partial charge in [0.15, 0.2) is 0 Å². The number of aryl methyl sites for hydroxylation is 1. The van der Waals surface area contributed by atoms with Crippen molar-refractivity contribution in [1.29, 1.82) is 0 Å². The molecule has 1 aliphatic rings. The van der Waals surface area contributed by atoms with Gasteiger partial charge in [-0.15, -0.1) is 0 Å². The molecule has 0 spiro atoms. The van der Waals surface area contributed by atoms with Crippen molar-refractivity contribution in [2.45, 2.75) is 24.7 Å². The van der Waals surface area contributed by atoms with Crippen LogP contribution in [0.3, 0.4) is 0 Å². The van der Waals surface area contributed by atoms with Gasteiger partial charge in [-0.05, 0) is 55.3 Å². The Hall–Kier alpha value is -3.24. The van der Waals surface area contributed by atoms with Gasteiger partial charge in [0.1, 0.15) is 0 Å². The zero-order chi connectivity index (χ0) is 22.6. The molecule has 10 heteroatoms. The van der Waals surface area contributed by atoms with Crippen molar-refractivity contribution in [2.75, 3.05) is 30.8 Å². The van der Waals surface area contributed by atoms with Gasteiger partial charge in [-0.3, -0.25) is 9.59 Å². The first kappa shape index (κ1) is 22.4. The molecule has 2 N–H and O–H groups in total. The number of amides is 2. The first-order valence-electron chi connectivity index (χ1n) is 9.67. The van der Waals surface area contributed by atoms with Gasteiger partial charge in [-0.2, -0.15) is 4.31 Å². The number of carbonyl (C=O) groups excluding carboxylic acids is 3. The summed E-state index contributed by atoms with van der Waals surface area (Å²) in [5.74, 6) is -1.18. The number of nitrogens with one attached hydrogen (secondary N) is 2. The van der Waals surface area contributed by atoms with Crippen molar-refractivity contribution >= 4 is 39.2 Å². The number of anilines is 2. The summed E-state index contributed by atoms with van der Waals surface area (Å²) in [7, 11) is -2.61. The SMILES string of the molecule is CCOC(=O)c1cccc(NC(=O)CN(C)S(=O)(=O)c2ccc3c(c2)CCC(=O)N3)c1. The molecule has 1 heterocycles. The van der Waals surface area contributed by atoms with Crippen molar-refractivity contribution in [2.24, 2.45) is 0 Å². The molecule has 2 aromatic rings. The third-order valence-corrected chi connectivity index (χ3v) is 6.50. The van der Waals surface area contributed by atoms with Crippen LogP contribution in [0, 0.1) is 0 Å². The Kier molecular flexibility index (Phi) is 6.71. The van der Waals surface area contributed by atoms with Gasteiger partial charge in [0.25, 0.3) is 0 Å². The van der Waals surface area contributed by atoms with E-state index in [1.165, 1.54) is 25.2 Å². The lowest BCUT2D eigenvalue weighted by Gasteiger charge is -2.20. The topological polar surface area (TPSA) is 122 Å². The largest absolute Gasteiger partial charge is 0.462 e. The Morgan fingerprint density at radius 3 is 2.68 bits per heavy atom. The van der Waals surface area contributed by atoms with E-state index < -0.39 is 28.4 Å². The normalized spacial score (nSPS) is 13.3. The van der Waals surface area contributed by atoms with Crippen LogP contribution in [-0.2, 0) is 30.8 Å². The highest BCUT2D eigenvalue weighted by Gasteiger charge is 2.25. The van der Waals surface area contributed by atoms with Gasteiger partial charge in [0.05, 0.1) is 23.6 Å². The van der Waals surface area contributed by atoms with Crippen LogP contribution >= 0.6 is 0 Å². The molecule has 1 aliphatic heterocycles. The van der Waals surface area contributed by atoms with Gasteiger partial charge in [0.2, 0.25) is 21.8 Å². The first-order chi connectivity index (χ1) is 14.7. The van der Waals surface area contributed by atoms with E-state index in [1.807, 2.05) is 0 Å². The molecule has 2 amide bonds. The Morgan fingerprint density at radius 2 is 1.94 bits per heavy atom. The summed E-state index contributed by atoms with van der Waals surface area (Å²) in [6, 6.07) is 10.7. The summed E-state index contributed by atoms with van der Waals surface area (Å²) in [6.07, 6.45) is 0.741. The zero-order valence-electron chi connectivity index (χ0n) is 17.2. The van der Waals surface area contributed by atoms with Gasteiger partial charge >= 0.3 is 5.97 Å². The minimum atomic E-state index is -3.92. The van der Waals surface area contributed by atoms with Crippen molar-refractivity contribution in [3.63, 3.8) is 0 Å². The van der Waals surface area contributed by atoms with Crippen LogP contribution in [0.4, 0.5) is 11.4 Å². The number of ether oxygens (including phenoxy) is 1. The molecule has 0 radical (unpaired) electrons. The summed E-state index contributed by atoms with van der Waals surface area (Å²) < 4.78 is 31.6. The number of benzene rings is 2. The van der Waals surface area contributed by atoms with Crippen LogP contribution in [0.15, 0.2) is 47.4 Å². The van der Waals surface area contributed by atoms with Gasteiger partial charge in [-0.1, -0.05) is 6.07 Å². The maximum atomic E-state index is 12.9. The van der Waals surface area contributed by atoms with Gasteiger partial charge in [-0.25, -0.2) is 13.2 Å². The predicted octanol–water partition coefficient (Wildman–Crippen LogP) is 2.01. The van der Waals surface area contributed by atoms with E-state index in [0.717, 1.165) is 9.87 Å². The molecule has 0 unspecified atom stereocenters. The molecule has 0 bridgehead atoms. The minimum Gasteiger partial charge on any atom is -0.462 e. The Labute approximate surface area is 180 Å². The number of hydrogen-bond donors (Lipinski definition) is 2. The fourth-order valence-corrected chi connectivity index (χ4v) is 4.30. The summed E-state index contributed by atoms with van der Waals surface area (Å²) >= 11 is 0. The maximum absolute atomic E-state index is 12.9. The quantitative estimate of drug-likeness (QED) is 0.629. The van der Waals surface area contributed by atoms with E-state index in [-0.39, 0.29) is 23.0 Å². The fraction of sp³-hybridized carbons (Fsp3) is 0.286. The molecule has 2 aromatic carbocycles. The van der Waals surface area contributed by atoms with Crippen molar-refractivity contribution in [3.8, 4) is 0 Å². The molecule has 0 saturated heterocycles. The average Bonchev–Trinajstić information content (AvgIpc) is 2.73. The number of carbonyl (C=O) groups is 3. The van der Waals surface area contributed by atoms with Crippen LogP contribution in [0.25, 0.3) is 0 Å². The lowest BCUT2D eigenvalue weighted by atomic mass is 10.0. The zero-order valence-corrected chi connectivity index (χ0v) is 18.0. The Bertz CT molecular complexity index is 1130. The highest BCUT2D eigenvalue weighted by atomic mass is 32.2. The molecule has 164 valence electrons. The van der Waals surface area contributed by atoms with Crippen LogP contribution in [0.1, 0.15) is 29.3 Å². The lowest BCUT2D eigenvalue weighted by molar-refractivity contribution is -0.117. The van der Waals surface area contributed by atoms with Crippen LogP contribution in [0.5, 0.6) is 0 Å². The minimum absolute atomic E-state index is 0.0435. The summed E-state index contributed by atoms with van der Waals surface area (Å²) in [5, 5.41) is 5.29. The fourth-order valence-electron chi connectivity index (χ4n) is 3.13. The van der Waals surface area contributed by atoms with Crippen LogP contribution in [-0.4, -0.2) is 50.7 Å². The van der Waals surface area contributed by atoms with Crippen LogP contribution < -0.4 is 10.6 Å². The molecule has 0 saturated carbocycles. The summed E-state index contributed by atoms with van der Waals surface area (Å²) in [6.45, 7) is 1.51. The average molecular weight is 445 g/mol. The Morgan fingerprint density at radius 1 is 1.16 bits per heavy atom. The summed E-state index contributed by atoms with van der Waals surface area (Å²) in [5.41, 5.74) is 1.96. The monoisotopic (exact) mass is 445 g/mol. The number of nitrogens with zero attached hydrogens (tertiary/aromatic N) is 1. The maximum Gasteiger partial charge on any atom is 0.338 e. The third-order valence-electron chi connectivity index (χ3n) is 4.70. The third kappa shape index (κ3) is 5.28. The van der Waals surface area contributed by atoms with E-state index >= 15 is 0 Å². The number of esters is 1. The van der Waals surface area contributed by atoms with E-state index in [9.17, 15) is 22.8 Å². The number of sulfonamides is 1. The molecule has 9 nitrogen and oxygen atoms in total. The van der Waals surface area contributed by atoms with Crippen molar-refractivity contribution < 1.29 is 27.5 Å². The molecule has 0 aromatic heterocycles. The summed E-state index contributed by atoms with van der Waals surface area (Å²) in [4.78, 5) is 35.7. The van der Waals surface area contributed by atoms with E-state index in [1.54, 1.807) is 31.2 Å². The predicted molar refractivity (Wildman–Crippen MR) is 114 cm³/mol. The first-order valence-corrected chi connectivity index (χ1v) is 11.1. The Balaban J connectivity index is 1.68. The molecular weight excluding hydrogens is 422 g/mol. The molecule has 31 heavy (non-hydrogen) atoms. The van der Waals surface area contributed by atoms with Gasteiger partial charge < -0.3 is 15.4 Å². The van der Waals surface area contributed by atoms with E-state index in [2.05, 4.69) is 10.6 Å². The van der Waals surface area contributed by atoms with Crippen molar-refractivity contribution in [1.82, 2.24) is 4.31 Å². The number of fused-ring (bicyclic) bond motifs is 1. The lowest BCUT2D eigenvalue weighted by Crippen LogP contribution is -2.35. The number of rotatable bonds is 7. The molecule has 3 rings (SSSR count). The number of likely N-dealkylation sites (N-methyl/N-ethyl adjacent to an activating group) is 1. The van der Waals surface area contributed by atoms with Crippen molar-refractivity contribution in [3.05, 3.63) is 53.6 Å². The van der Waals surface area contributed by atoms with Crippen LogP contribution in [0.2, 0.25) is 0 Å². The highest BCUT2D eigenvalue weighted by molar-refractivity contribution is 7.89. The molecule has 0 fully saturated rings. The highest BCUT2D eigenvalue weighted by Crippen LogP contribution is 2.26. The second kappa shape index (κ2) is 9.27.